The molecule has 0 aromatic carbocycles. The number of aliphatic hydroxyl groups is 2. The molecule has 1 fully saturated rings. The summed E-state index contributed by atoms with van der Waals surface area (Å²) in [6, 6.07) is 0. The largest absolute Gasteiger partial charge is 0.396 e. The van der Waals surface area contributed by atoms with Gasteiger partial charge in [-0.1, -0.05) is 11.6 Å². The number of fused-ring (bicyclic) bond motifs is 1. The minimum absolute atomic E-state index is 0.0246. The summed E-state index contributed by atoms with van der Waals surface area (Å²) in [4.78, 5) is 10.6. The lowest BCUT2D eigenvalue weighted by atomic mass is 10.1. The topological polar surface area (TPSA) is 111 Å². The number of nitrogens with zero attached hydrogens (tertiary/aromatic N) is 3. The van der Waals surface area contributed by atoms with E-state index in [2.05, 4.69) is 15.0 Å². The molecule has 0 saturated heterocycles. The highest BCUT2D eigenvalue weighted by Crippen LogP contribution is 2.59. The monoisotopic (exact) mass is 301 g/mol. The molecule has 0 amide bonds. The maximum atomic E-state index is 14.7. The zero-order valence-electron chi connectivity index (χ0n) is 10.4. The van der Waals surface area contributed by atoms with Gasteiger partial charge < -0.3 is 15.2 Å². The highest BCUT2D eigenvalue weighted by Gasteiger charge is 2.68. The van der Waals surface area contributed by atoms with Gasteiger partial charge in [-0.05, 0) is 6.42 Å². The molecule has 1 aliphatic carbocycles. The van der Waals surface area contributed by atoms with E-state index in [9.17, 15) is 14.6 Å². The van der Waals surface area contributed by atoms with Crippen molar-refractivity contribution in [3.8, 4) is 0 Å². The molecule has 3 rings (SSSR count). The van der Waals surface area contributed by atoms with E-state index in [4.69, 9.17) is 17.0 Å². The molecular formula is C11H13ClFN5O2. The highest BCUT2D eigenvalue weighted by atomic mass is 35.5. The van der Waals surface area contributed by atoms with E-state index < -0.39 is 24.3 Å². The Morgan fingerprint density at radius 1 is 1.50 bits per heavy atom. The Kier molecular flexibility index (Phi) is 2.86. The Balaban J connectivity index is 2.02. The molecule has 108 valence electrons. The second-order valence-corrected chi connectivity index (χ2v) is 5.51. The zero-order chi connectivity index (χ0) is 14.5. The van der Waals surface area contributed by atoms with E-state index in [0.717, 1.165) is 0 Å². The van der Waals surface area contributed by atoms with Gasteiger partial charge in [-0.15, -0.1) is 0 Å². The van der Waals surface area contributed by atoms with E-state index >= 15 is 0 Å². The second-order valence-electron chi connectivity index (χ2n) is 5.15. The summed E-state index contributed by atoms with van der Waals surface area (Å²) >= 11 is 6.14. The van der Waals surface area contributed by atoms with E-state index in [-0.39, 0.29) is 29.4 Å². The van der Waals surface area contributed by atoms with Crippen molar-refractivity contribution in [3.05, 3.63) is 17.1 Å². The van der Waals surface area contributed by atoms with Gasteiger partial charge in [0.05, 0.1) is 31.5 Å². The smallest absolute Gasteiger partial charge is 0.225 e. The fourth-order valence-electron chi connectivity index (χ4n) is 2.47. The quantitative estimate of drug-likeness (QED) is 0.594. The van der Waals surface area contributed by atoms with Gasteiger partial charge in [0, 0.05) is 0 Å². The molecule has 2 heterocycles. The van der Waals surface area contributed by atoms with Crippen LogP contribution in [0.2, 0.25) is 5.15 Å². The van der Waals surface area contributed by atoms with Crippen molar-refractivity contribution >= 4 is 22.8 Å². The third-order valence-electron chi connectivity index (χ3n) is 3.99. The number of hydrogen-bond acceptors (Lipinski definition) is 5. The third kappa shape index (κ3) is 1.68. The van der Waals surface area contributed by atoms with Gasteiger partial charge in [-0.25, -0.2) is 9.37 Å². The van der Waals surface area contributed by atoms with Gasteiger partial charge in [-0.2, -0.15) is 4.98 Å². The van der Waals surface area contributed by atoms with Crippen molar-refractivity contribution in [1.29, 1.82) is 5.41 Å². The Morgan fingerprint density at radius 3 is 2.80 bits per heavy atom. The Labute approximate surface area is 117 Å². The normalized spacial score (nSPS) is 24.2. The van der Waals surface area contributed by atoms with Gasteiger partial charge in [0.15, 0.2) is 5.65 Å². The Hall–Kier alpha value is -1.51. The summed E-state index contributed by atoms with van der Waals surface area (Å²) in [7, 11) is 0. The van der Waals surface area contributed by atoms with Crippen LogP contribution in [0.25, 0.3) is 11.2 Å². The molecule has 0 spiro atoms. The first-order chi connectivity index (χ1) is 9.46. The van der Waals surface area contributed by atoms with Crippen LogP contribution in [0.15, 0.2) is 6.33 Å². The molecule has 2 aromatic heterocycles. The number of aromatic nitrogens is 4. The van der Waals surface area contributed by atoms with Crippen LogP contribution in [0.1, 0.15) is 6.42 Å². The summed E-state index contributed by atoms with van der Waals surface area (Å²) < 4.78 is 15.9. The van der Waals surface area contributed by atoms with Gasteiger partial charge in [0.25, 0.3) is 0 Å². The number of aromatic amines is 1. The number of imidazole rings is 1. The number of nitrogens with one attached hydrogen (secondary N) is 2. The van der Waals surface area contributed by atoms with E-state index in [1.54, 1.807) is 0 Å². The average Bonchev–Trinajstić information content (AvgIpc) is 2.77. The van der Waals surface area contributed by atoms with Crippen molar-refractivity contribution in [3.63, 3.8) is 0 Å². The van der Waals surface area contributed by atoms with Crippen LogP contribution in [0, 0.1) is 10.8 Å². The zero-order valence-corrected chi connectivity index (χ0v) is 11.2. The summed E-state index contributed by atoms with van der Waals surface area (Å²) in [5.74, 6) is 0. The van der Waals surface area contributed by atoms with Crippen LogP contribution in [-0.2, 0) is 6.54 Å². The van der Waals surface area contributed by atoms with Crippen molar-refractivity contribution < 1.29 is 14.6 Å². The van der Waals surface area contributed by atoms with Crippen LogP contribution in [-0.4, -0.2) is 48.6 Å². The van der Waals surface area contributed by atoms with Crippen molar-refractivity contribution in [2.45, 2.75) is 18.6 Å². The number of alkyl halides is 1. The molecule has 1 atom stereocenters. The minimum Gasteiger partial charge on any atom is -0.396 e. The van der Waals surface area contributed by atoms with E-state index in [0.29, 0.717) is 5.52 Å². The molecule has 20 heavy (non-hydrogen) atoms. The minimum atomic E-state index is -1.80. The molecule has 0 aliphatic heterocycles. The van der Waals surface area contributed by atoms with Gasteiger partial charge >= 0.3 is 0 Å². The Morgan fingerprint density at radius 2 is 2.20 bits per heavy atom. The average molecular weight is 302 g/mol. The lowest BCUT2D eigenvalue weighted by molar-refractivity contribution is 0.0721. The highest BCUT2D eigenvalue weighted by molar-refractivity contribution is 6.33. The molecule has 0 radical (unpaired) electrons. The molecule has 4 N–H and O–H groups in total. The molecule has 7 nitrogen and oxygen atoms in total. The number of aliphatic hydroxyl groups excluding tert-OH is 2. The van der Waals surface area contributed by atoms with Crippen LogP contribution in [0.5, 0.6) is 0 Å². The maximum Gasteiger partial charge on any atom is 0.225 e. The second kappa shape index (κ2) is 4.24. The number of rotatable bonds is 4. The maximum absolute atomic E-state index is 14.7. The van der Waals surface area contributed by atoms with E-state index in [1.165, 1.54) is 10.9 Å². The summed E-state index contributed by atoms with van der Waals surface area (Å²) in [5, 5.41) is 26.4. The Bertz CT molecular complexity index is 725. The molecule has 0 bridgehead atoms. The van der Waals surface area contributed by atoms with Gasteiger partial charge in [0.1, 0.15) is 16.3 Å². The number of halogens is 2. The summed E-state index contributed by atoms with van der Waals surface area (Å²) in [6.45, 7) is -1.15. The van der Waals surface area contributed by atoms with Gasteiger partial charge in [0.2, 0.25) is 5.62 Å². The predicted molar refractivity (Wildman–Crippen MR) is 67.8 cm³/mol. The summed E-state index contributed by atoms with van der Waals surface area (Å²) in [6.07, 6.45) is 1.41. The molecule has 2 aromatic rings. The van der Waals surface area contributed by atoms with Crippen LogP contribution >= 0.6 is 11.6 Å². The first-order valence-corrected chi connectivity index (χ1v) is 6.39. The molecule has 9 heteroatoms. The van der Waals surface area contributed by atoms with Gasteiger partial charge in [-0.3, -0.25) is 9.98 Å². The number of H-pyrrole nitrogens is 1. The first kappa shape index (κ1) is 13.5. The standard InChI is InChI=1S/C11H13ClFN5O2/c12-7-6-8(16-5-15-6)17-9(14)18(7)2-11(13)1-10(11,3-19)4-20/h5,19-20H,1-4H2,(H2,14,15,16,17)/t11-/m0/s1. The predicted octanol–water partition coefficient (Wildman–Crippen LogP) is -0.0247. The molecule has 1 saturated carbocycles. The molecule has 0 unspecified atom stereocenters. The molecule has 1 aliphatic rings. The fraction of sp³-hybridized carbons (Fsp3) is 0.545. The number of hydrogen-bond donors (Lipinski definition) is 4. The van der Waals surface area contributed by atoms with Crippen molar-refractivity contribution in [2.75, 3.05) is 13.2 Å². The molecular weight excluding hydrogens is 289 g/mol. The fourth-order valence-corrected chi connectivity index (χ4v) is 2.75. The first-order valence-electron chi connectivity index (χ1n) is 6.01. The third-order valence-corrected chi connectivity index (χ3v) is 4.38. The lowest BCUT2D eigenvalue weighted by Crippen LogP contribution is -2.33. The lowest BCUT2D eigenvalue weighted by Gasteiger charge is -2.17. The van der Waals surface area contributed by atoms with Crippen LogP contribution in [0.3, 0.4) is 0 Å². The van der Waals surface area contributed by atoms with Crippen LogP contribution in [0.4, 0.5) is 4.39 Å². The summed E-state index contributed by atoms with van der Waals surface area (Å²) in [5.41, 5.74) is -2.47. The SMILES string of the molecule is N=c1nc2nc[nH]c2c(Cl)n1C[C@@]1(F)CC1(CO)CO. The van der Waals surface area contributed by atoms with Crippen molar-refractivity contribution in [2.24, 2.45) is 5.41 Å². The van der Waals surface area contributed by atoms with Crippen molar-refractivity contribution in [1.82, 2.24) is 19.5 Å². The van der Waals surface area contributed by atoms with Crippen LogP contribution < -0.4 is 5.62 Å². The van der Waals surface area contributed by atoms with E-state index in [1.807, 2.05) is 0 Å².